The molecule has 0 saturated carbocycles. The van der Waals surface area contributed by atoms with Gasteiger partial charge in [0.15, 0.2) is 0 Å². The Hall–Kier alpha value is -3.84. The smallest absolute Gasteiger partial charge is 0.254 e. The zero-order chi connectivity index (χ0) is 24.6. The number of benzene rings is 3. The summed E-state index contributed by atoms with van der Waals surface area (Å²) in [4.78, 5) is 27.8. The van der Waals surface area contributed by atoms with Gasteiger partial charge in [0.25, 0.3) is 5.91 Å². The lowest BCUT2D eigenvalue weighted by molar-refractivity contribution is -0.116. The lowest BCUT2D eigenvalue weighted by atomic mass is 10.1. The first-order valence-electron chi connectivity index (χ1n) is 11.6. The predicted molar refractivity (Wildman–Crippen MR) is 141 cm³/mol. The third kappa shape index (κ3) is 6.61. The normalized spacial score (nSPS) is 10.7. The molecule has 0 radical (unpaired) electrons. The zero-order valence-electron chi connectivity index (χ0n) is 19.9. The number of aryl methyl sites for hydroxylation is 2. The van der Waals surface area contributed by atoms with Crippen LogP contribution in [0.1, 0.15) is 33.5 Å². The number of nitrogens with zero attached hydrogens (tertiary/aromatic N) is 3. The van der Waals surface area contributed by atoms with Gasteiger partial charge < -0.3 is 10.2 Å². The van der Waals surface area contributed by atoms with Crippen LogP contribution in [0.4, 0.5) is 5.13 Å². The average Bonchev–Trinajstić information content (AvgIpc) is 3.33. The van der Waals surface area contributed by atoms with Gasteiger partial charge in [-0.2, -0.15) is 0 Å². The molecule has 0 aliphatic heterocycles. The summed E-state index contributed by atoms with van der Waals surface area (Å²) in [7, 11) is 0. The molecule has 0 spiro atoms. The van der Waals surface area contributed by atoms with Crippen LogP contribution in [0.25, 0.3) is 10.6 Å². The monoisotopic (exact) mass is 484 g/mol. The highest BCUT2D eigenvalue weighted by atomic mass is 32.1. The lowest BCUT2D eigenvalue weighted by Gasteiger charge is -2.23. The first-order valence-corrected chi connectivity index (χ1v) is 12.4. The second-order valence-corrected chi connectivity index (χ2v) is 9.40. The topological polar surface area (TPSA) is 75.2 Å². The van der Waals surface area contributed by atoms with Crippen LogP contribution in [0.2, 0.25) is 0 Å². The molecular weight excluding hydrogens is 456 g/mol. The van der Waals surface area contributed by atoms with Crippen LogP contribution in [0.5, 0.6) is 0 Å². The van der Waals surface area contributed by atoms with Crippen LogP contribution in [0.3, 0.4) is 0 Å². The molecule has 0 bridgehead atoms. The van der Waals surface area contributed by atoms with Gasteiger partial charge in [-0.25, -0.2) is 0 Å². The summed E-state index contributed by atoms with van der Waals surface area (Å²) in [5.74, 6) is -0.260. The van der Waals surface area contributed by atoms with Gasteiger partial charge >= 0.3 is 0 Å². The summed E-state index contributed by atoms with van der Waals surface area (Å²) >= 11 is 1.34. The molecule has 6 nitrogen and oxygen atoms in total. The molecule has 1 N–H and O–H groups in total. The molecule has 35 heavy (non-hydrogen) atoms. The van der Waals surface area contributed by atoms with Crippen molar-refractivity contribution in [2.45, 2.75) is 26.7 Å². The molecule has 0 aliphatic carbocycles. The predicted octanol–water partition coefficient (Wildman–Crippen LogP) is 5.54. The van der Waals surface area contributed by atoms with Gasteiger partial charge in [-0.3, -0.25) is 9.59 Å². The van der Waals surface area contributed by atoms with E-state index < -0.39 is 0 Å². The summed E-state index contributed by atoms with van der Waals surface area (Å²) < 4.78 is 0. The fourth-order valence-corrected chi connectivity index (χ4v) is 4.55. The average molecular weight is 485 g/mol. The molecule has 4 rings (SSSR count). The quantitative estimate of drug-likeness (QED) is 0.339. The van der Waals surface area contributed by atoms with Crippen molar-refractivity contribution >= 4 is 28.3 Å². The van der Waals surface area contributed by atoms with Crippen LogP contribution in [0, 0.1) is 13.8 Å². The number of anilines is 1. The largest absolute Gasteiger partial charge is 0.338 e. The standard InChI is InChI=1S/C28H28N4O2S/c1-20-9-8-13-23(19-20)26-30-31-28(35-26)29-25(33)16-18-32(17-15-22-11-4-3-5-12-22)27(34)24-14-7-6-10-21(24)2/h3-14,19H,15-18H2,1-2H3,(H,29,31,33). The second-order valence-electron chi connectivity index (χ2n) is 8.42. The molecule has 3 aromatic carbocycles. The van der Waals surface area contributed by atoms with Crippen molar-refractivity contribution in [1.82, 2.24) is 15.1 Å². The first kappa shape index (κ1) is 24.3. The second kappa shape index (κ2) is 11.5. The minimum atomic E-state index is -0.195. The van der Waals surface area contributed by atoms with Gasteiger partial charge in [-0.05, 0) is 43.5 Å². The maximum absolute atomic E-state index is 13.3. The van der Waals surface area contributed by atoms with Gasteiger partial charge in [0, 0.05) is 30.6 Å². The minimum absolute atomic E-state index is 0.0653. The number of carbonyl (C=O) groups is 2. The zero-order valence-corrected chi connectivity index (χ0v) is 20.7. The van der Waals surface area contributed by atoms with Crippen molar-refractivity contribution in [2.24, 2.45) is 0 Å². The molecular formula is C28H28N4O2S. The minimum Gasteiger partial charge on any atom is -0.338 e. The third-order valence-electron chi connectivity index (χ3n) is 5.72. The van der Waals surface area contributed by atoms with Crippen LogP contribution >= 0.6 is 11.3 Å². The summed E-state index contributed by atoms with van der Waals surface area (Å²) in [6, 6.07) is 25.6. The van der Waals surface area contributed by atoms with Gasteiger partial charge in [0.1, 0.15) is 5.01 Å². The van der Waals surface area contributed by atoms with E-state index in [0.29, 0.717) is 23.8 Å². The van der Waals surface area contributed by atoms with Gasteiger partial charge in [-0.15, -0.1) is 10.2 Å². The Balaban J connectivity index is 1.40. The Bertz CT molecular complexity index is 1300. The van der Waals surface area contributed by atoms with Gasteiger partial charge in [0.2, 0.25) is 11.0 Å². The molecule has 7 heteroatoms. The number of aromatic nitrogens is 2. The number of rotatable bonds is 9. The van der Waals surface area contributed by atoms with Crippen molar-refractivity contribution in [3.05, 3.63) is 101 Å². The van der Waals surface area contributed by atoms with E-state index in [1.54, 1.807) is 4.90 Å². The van der Waals surface area contributed by atoms with Crippen LogP contribution in [-0.2, 0) is 11.2 Å². The van der Waals surface area contributed by atoms with E-state index in [2.05, 4.69) is 15.5 Å². The van der Waals surface area contributed by atoms with Crippen LogP contribution in [0.15, 0.2) is 78.9 Å². The summed E-state index contributed by atoms with van der Waals surface area (Å²) in [6.07, 6.45) is 0.891. The molecule has 4 aromatic rings. The van der Waals surface area contributed by atoms with Crippen molar-refractivity contribution in [1.29, 1.82) is 0 Å². The Kier molecular flexibility index (Phi) is 8.00. The van der Waals surface area contributed by atoms with Crippen molar-refractivity contribution in [2.75, 3.05) is 18.4 Å². The molecule has 0 unspecified atom stereocenters. The summed E-state index contributed by atoms with van der Waals surface area (Å²) in [5.41, 5.74) is 4.84. The molecule has 0 saturated heterocycles. The van der Waals surface area contributed by atoms with E-state index >= 15 is 0 Å². The Morgan fingerprint density at radius 3 is 2.43 bits per heavy atom. The van der Waals surface area contributed by atoms with Crippen molar-refractivity contribution in [3.63, 3.8) is 0 Å². The van der Waals surface area contributed by atoms with Crippen LogP contribution < -0.4 is 5.32 Å². The van der Waals surface area contributed by atoms with Gasteiger partial charge in [0.05, 0.1) is 0 Å². The number of hydrogen-bond acceptors (Lipinski definition) is 5. The highest BCUT2D eigenvalue weighted by Crippen LogP contribution is 2.27. The molecule has 1 heterocycles. The summed E-state index contributed by atoms with van der Waals surface area (Å²) in [6.45, 7) is 4.79. The number of nitrogens with one attached hydrogen (secondary N) is 1. The highest BCUT2D eigenvalue weighted by Gasteiger charge is 2.19. The SMILES string of the molecule is Cc1cccc(-c2nnc(NC(=O)CCN(CCc3ccccc3)C(=O)c3ccccc3C)s2)c1. The van der Waals surface area contributed by atoms with E-state index in [4.69, 9.17) is 0 Å². The molecule has 2 amide bonds. The van der Waals surface area contributed by atoms with Crippen molar-refractivity contribution in [3.8, 4) is 10.6 Å². The maximum atomic E-state index is 13.3. The van der Waals surface area contributed by atoms with E-state index in [1.807, 2.05) is 92.7 Å². The van der Waals surface area contributed by atoms with E-state index in [-0.39, 0.29) is 18.2 Å². The van der Waals surface area contributed by atoms with E-state index in [1.165, 1.54) is 11.3 Å². The maximum Gasteiger partial charge on any atom is 0.254 e. The lowest BCUT2D eigenvalue weighted by Crippen LogP contribution is -2.36. The first-order chi connectivity index (χ1) is 17.0. The molecule has 0 aliphatic rings. The van der Waals surface area contributed by atoms with Gasteiger partial charge in [-0.1, -0.05) is 83.6 Å². The Labute approximate surface area is 209 Å². The fraction of sp³-hybridized carbons (Fsp3) is 0.214. The molecule has 0 atom stereocenters. The van der Waals surface area contributed by atoms with E-state index in [0.717, 1.165) is 33.7 Å². The third-order valence-corrected chi connectivity index (χ3v) is 6.61. The number of hydrogen-bond donors (Lipinski definition) is 1. The molecule has 178 valence electrons. The highest BCUT2D eigenvalue weighted by molar-refractivity contribution is 7.18. The fourth-order valence-electron chi connectivity index (χ4n) is 3.79. The molecule has 1 aromatic heterocycles. The van der Waals surface area contributed by atoms with Crippen molar-refractivity contribution < 1.29 is 9.59 Å². The Morgan fingerprint density at radius 2 is 1.66 bits per heavy atom. The number of amides is 2. The number of carbonyl (C=O) groups excluding carboxylic acids is 2. The summed E-state index contributed by atoms with van der Waals surface area (Å²) in [5, 5.41) is 12.4. The van der Waals surface area contributed by atoms with E-state index in [9.17, 15) is 9.59 Å². The van der Waals surface area contributed by atoms with Crippen LogP contribution in [-0.4, -0.2) is 40.0 Å². The Morgan fingerprint density at radius 1 is 0.886 bits per heavy atom. The molecule has 0 fully saturated rings.